The van der Waals surface area contributed by atoms with E-state index in [4.69, 9.17) is 9.84 Å². The zero-order valence-corrected chi connectivity index (χ0v) is 10.3. The second-order valence-corrected chi connectivity index (χ2v) is 4.75. The van der Waals surface area contributed by atoms with Gasteiger partial charge in [0.25, 0.3) is 0 Å². The number of thiophene rings is 1. The molecule has 0 spiro atoms. The van der Waals surface area contributed by atoms with Crippen LogP contribution in [-0.2, 0) is 15.9 Å². The Morgan fingerprint density at radius 3 is 3.06 bits per heavy atom. The van der Waals surface area contributed by atoms with Crippen LogP contribution >= 0.6 is 11.3 Å². The molecule has 1 aromatic heterocycles. The van der Waals surface area contributed by atoms with Crippen molar-refractivity contribution in [1.29, 1.82) is 0 Å². The number of hydrogen-bond donors (Lipinski definition) is 2. The van der Waals surface area contributed by atoms with Gasteiger partial charge in [-0.2, -0.15) is 11.3 Å². The molecule has 0 aliphatic carbocycles. The van der Waals surface area contributed by atoms with Gasteiger partial charge in [-0.25, -0.2) is 4.79 Å². The van der Waals surface area contributed by atoms with Gasteiger partial charge in [-0.3, -0.25) is 0 Å². The second-order valence-electron chi connectivity index (χ2n) is 3.97. The van der Waals surface area contributed by atoms with Crippen molar-refractivity contribution in [2.45, 2.75) is 31.3 Å². The summed E-state index contributed by atoms with van der Waals surface area (Å²) in [5.41, 5.74) is 1.16. The molecule has 2 N–H and O–H groups in total. The fourth-order valence-corrected chi connectivity index (χ4v) is 2.38. The molecule has 0 saturated carbocycles. The maximum absolute atomic E-state index is 11.2. The quantitative estimate of drug-likeness (QED) is 0.775. The van der Waals surface area contributed by atoms with Gasteiger partial charge < -0.3 is 19.9 Å². The van der Waals surface area contributed by atoms with E-state index < -0.39 is 12.4 Å². The molecule has 1 aromatic rings. The molecule has 1 aliphatic rings. The Bertz CT molecular complexity index is 368. The molecule has 94 valence electrons. The Labute approximate surface area is 103 Å². The smallest absolute Gasteiger partial charge is 0.407 e. The summed E-state index contributed by atoms with van der Waals surface area (Å²) in [4.78, 5) is 11.2. The van der Waals surface area contributed by atoms with E-state index in [-0.39, 0.29) is 12.1 Å². The lowest BCUT2D eigenvalue weighted by molar-refractivity contribution is 0.155. The van der Waals surface area contributed by atoms with E-state index in [2.05, 4.69) is 10.1 Å². The highest BCUT2D eigenvalue weighted by atomic mass is 32.1. The molecule has 1 amide bonds. The van der Waals surface area contributed by atoms with Crippen LogP contribution in [0, 0.1) is 0 Å². The van der Waals surface area contributed by atoms with E-state index in [0.29, 0.717) is 12.8 Å². The van der Waals surface area contributed by atoms with Crippen LogP contribution < -0.4 is 5.32 Å². The van der Waals surface area contributed by atoms with Crippen molar-refractivity contribution >= 4 is 17.4 Å². The Hall–Kier alpha value is -1.11. The number of rotatable bonds is 5. The second kappa shape index (κ2) is 5.48. The minimum atomic E-state index is -0.681. The molecular formula is C11H15NO4S. The molecule has 0 bridgehead atoms. The number of amides is 1. The van der Waals surface area contributed by atoms with Crippen molar-refractivity contribution in [1.82, 2.24) is 5.32 Å². The highest BCUT2D eigenvalue weighted by molar-refractivity contribution is 7.07. The van der Waals surface area contributed by atoms with E-state index in [1.807, 2.05) is 16.8 Å². The number of nitrogens with one attached hydrogen (secondary N) is 1. The van der Waals surface area contributed by atoms with Crippen LogP contribution in [0.1, 0.15) is 12.0 Å². The third kappa shape index (κ3) is 3.69. The molecule has 5 nitrogen and oxygen atoms in total. The topological polar surface area (TPSA) is 71.1 Å². The van der Waals surface area contributed by atoms with Crippen LogP contribution in [0.2, 0.25) is 0 Å². The number of aliphatic hydroxyl groups is 1. The van der Waals surface area contributed by atoms with Crippen molar-refractivity contribution in [3.63, 3.8) is 0 Å². The lowest BCUT2D eigenvalue weighted by Gasteiger charge is -2.16. The number of methoxy groups -OCH3 is 1. The first kappa shape index (κ1) is 12.3. The van der Waals surface area contributed by atoms with Crippen molar-refractivity contribution < 1.29 is 19.4 Å². The summed E-state index contributed by atoms with van der Waals surface area (Å²) in [6.45, 7) is 0. The molecule has 1 saturated heterocycles. The lowest BCUT2D eigenvalue weighted by atomic mass is 10.0. The largest absolute Gasteiger partial charge is 0.453 e. The van der Waals surface area contributed by atoms with Crippen molar-refractivity contribution in [3.8, 4) is 0 Å². The van der Waals surface area contributed by atoms with E-state index in [1.165, 1.54) is 7.11 Å². The van der Waals surface area contributed by atoms with Gasteiger partial charge in [0.15, 0.2) is 6.29 Å². The molecule has 2 heterocycles. The number of hydrogen-bond acceptors (Lipinski definition) is 5. The Kier molecular flexibility index (Phi) is 3.98. The Morgan fingerprint density at radius 2 is 2.53 bits per heavy atom. The number of aliphatic hydroxyl groups excluding tert-OH is 1. The maximum atomic E-state index is 11.2. The maximum Gasteiger partial charge on any atom is 0.407 e. The van der Waals surface area contributed by atoms with Crippen LogP contribution in [0.3, 0.4) is 0 Å². The van der Waals surface area contributed by atoms with E-state index in [0.717, 1.165) is 5.56 Å². The van der Waals surface area contributed by atoms with Crippen molar-refractivity contribution in [2.24, 2.45) is 0 Å². The predicted molar refractivity (Wildman–Crippen MR) is 62.8 cm³/mol. The van der Waals surface area contributed by atoms with Gasteiger partial charge in [0.1, 0.15) is 6.10 Å². The standard InChI is InChI=1S/C11H15NO4S/c1-15-11(14)12-8(5-9-10(13)16-9)4-7-2-3-17-6-7/h2-3,6,8-10,13H,4-5H2,1H3,(H,12,14). The fourth-order valence-electron chi connectivity index (χ4n) is 1.70. The summed E-state index contributed by atoms with van der Waals surface area (Å²) < 4.78 is 9.53. The predicted octanol–water partition coefficient (Wildman–Crippen LogP) is 1.12. The van der Waals surface area contributed by atoms with Crippen LogP contribution in [0.4, 0.5) is 4.79 Å². The molecule has 0 radical (unpaired) electrons. The van der Waals surface area contributed by atoms with Gasteiger partial charge in [0.2, 0.25) is 0 Å². The average molecular weight is 257 g/mol. The van der Waals surface area contributed by atoms with E-state index >= 15 is 0 Å². The van der Waals surface area contributed by atoms with Gasteiger partial charge in [-0.05, 0) is 35.2 Å². The van der Waals surface area contributed by atoms with Crippen LogP contribution in [-0.4, -0.2) is 36.7 Å². The first-order valence-corrected chi connectivity index (χ1v) is 6.32. The number of carbonyl (C=O) groups excluding carboxylic acids is 1. The molecule has 6 heteroatoms. The van der Waals surface area contributed by atoms with Gasteiger partial charge in [0.05, 0.1) is 7.11 Å². The summed E-state index contributed by atoms with van der Waals surface area (Å²) in [6.07, 6.45) is -0.00678. The molecule has 2 rings (SSSR count). The molecule has 3 atom stereocenters. The Morgan fingerprint density at radius 1 is 1.76 bits per heavy atom. The zero-order valence-electron chi connectivity index (χ0n) is 9.46. The number of carbonyl (C=O) groups is 1. The molecule has 1 fully saturated rings. The van der Waals surface area contributed by atoms with Gasteiger partial charge in [0, 0.05) is 6.04 Å². The first-order chi connectivity index (χ1) is 8.19. The highest BCUT2D eigenvalue weighted by Crippen LogP contribution is 2.25. The number of alkyl carbamates (subject to hydrolysis) is 1. The zero-order chi connectivity index (χ0) is 12.3. The molecule has 17 heavy (non-hydrogen) atoms. The average Bonchev–Trinajstić information content (AvgIpc) is 2.80. The minimum absolute atomic E-state index is 0.0841. The summed E-state index contributed by atoms with van der Waals surface area (Å²) in [5.74, 6) is 0. The van der Waals surface area contributed by atoms with Gasteiger partial charge in [-0.1, -0.05) is 0 Å². The third-order valence-electron chi connectivity index (χ3n) is 2.64. The number of ether oxygens (including phenoxy) is 2. The molecular weight excluding hydrogens is 242 g/mol. The van der Waals surface area contributed by atoms with Crippen LogP contribution in [0.15, 0.2) is 16.8 Å². The molecule has 3 unspecified atom stereocenters. The summed E-state index contributed by atoms with van der Waals surface area (Å²) in [6, 6.07) is 1.93. The fraction of sp³-hybridized carbons (Fsp3) is 0.545. The molecule has 1 aliphatic heterocycles. The number of epoxide rings is 1. The monoisotopic (exact) mass is 257 g/mol. The summed E-state index contributed by atoms with van der Waals surface area (Å²) >= 11 is 1.62. The Balaban J connectivity index is 1.89. The van der Waals surface area contributed by atoms with Gasteiger partial charge >= 0.3 is 6.09 Å². The lowest BCUT2D eigenvalue weighted by Crippen LogP contribution is -2.37. The third-order valence-corrected chi connectivity index (χ3v) is 3.37. The van der Waals surface area contributed by atoms with Crippen LogP contribution in [0.25, 0.3) is 0 Å². The van der Waals surface area contributed by atoms with E-state index in [9.17, 15) is 4.79 Å². The first-order valence-electron chi connectivity index (χ1n) is 5.38. The SMILES string of the molecule is COC(=O)NC(Cc1ccsc1)CC1OC1O. The van der Waals surface area contributed by atoms with E-state index in [1.54, 1.807) is 11.3 Å². The normalized spacial score (nSPS) is 24.1. The van der Waals surface area contributed by atoms with Gasteiger partial charge in [-0.15, -0.1) is 0 Å². The van der Waals surface area contributed by atoms with Crippen LogP contribution in [0.5, 0.6) is 0 Å². The molecule has 0 aromatic carbocycles. The van der Waals surface area contributed by atoms with Crippen molar-refractivity contribution in [2.75, 3.05) is 7.11 Å². The summed E-state index contributed by atoms with van der Waals surface area (Å²) in [5, 5.41) is 15.9. The summed E-state index contributed by atoms with van der Waals surface area (Å²) in [7, 11) is 1.33. The minimum Gasteiger partial charge on any atom is -0.453 e. The highest BCUT2D eigenvalue weighted by Gasteiger charge is 2.39. The van der Waals surface area contributed by atoms with Crippen molar-refractivity contribution in [3.05, 3.63) is 22.4 Å².